The summed E-state index contributed by atoms with van der Waals surface area (Å²) in [6.45, 7) is 0. The normalized spacial score (nSPS) is 11.1. The molecule has 0 saturated carbocycles. The maximum absolute atomic E-state index is 11.5. The van der Waals surface area contributed by atoms with Crippen molar-refractivity contribution in [2.45, 2.75) is 0 Å². The van der Waals surface area contributed by atoms with E-state index in [9.17, 15) is 15.0 Å². The Morgan fingerprint density at radius 1 is 1.04 bits per heavy atom. The summed E-state index contributed by atoms with van der Waals surface area (Å²) in [6.07, 6.45) is 3.42. The molecule has 0 aliphatic heterocycles. The lowest BCUT2D eigenvalue weighted by Crippen LogP contribution is -2.07. The van der Waals surface area contributed by atoms with E-state index in [4.69, 9.17) is 0 Å². The number of carbonyl (C=O) groups is 1. The Morgan fingerprint density at radius 2 is 1.72 bits per heavy atom. The molecule has 0 spiro atoms. The van der Waals surface area contributed by atoms with Crippen molar-refractivity contribution < 1.29 is 15.0 Å². The van der Waals surface area contributed by atoms with Gasteiger partial charge in [0.15, 0.2) is 5.75 Å². The molecule has 5 heteroatoms. The number of pyridine rings is 1. The van der Waals surface area contributed by atoms with Gasteiger partial charge in [-0.1, -0.05) is 36.4 Å². The third kappa shape index (κ3) is 3.30. The molecule has 0 unspecified atom stereocenters. The van der Waals surface area contributed by atoms with Crippen LogP contribution in [-0.2, 0) is 0 Å². The van der Waals surface area contributed by atoms with Gasteiger partial charge in [-0.15, -0.1) is 0 Å². The number of carboxylic acid groups (broad SMARTS) is 1. The van der Waals surface area contributed by atoms with E-state index in [1.165, 1.54) is 0 Å². The Balaban J connectivity index is 2.03. The Hall–Kier alpha value is -3.34. The molecule has 2 N–H and O–H groups in total. The Bertz CT molecular complexity index is 961. The molecule has 1 heterocycles. The van der Waals surface area contributed by atoms with E-state index in [0.717, 1.165) is 11.3 Å². The molecule has 0 saturated heterocycles. The van der Waals surface area contributed by atoms with Gasteiger partial charge in [-0.2, -0.15) is 0 Å². The summed E-state index contributed by atoms with van der Waals surface area (Å²) in [5.74, 6) is -1.51. The lowest BCUT2D eigenvalue weighted by molar-refractivity contribution is 0.0696. The molecule has 1 aromatic heterocycles. The van der Waals surface area contributed by atoms with Crippen LogP contribution >= 0.6 is 0 Å². The molecule has 0 aliphatic rings. The van der Waals surface area contributed by atoms with E-state index in [2.05, 4.69) is 4.98 Å². The fourth-order valence-corrected chi connectivity index (χ4v) is 2.61. The average molecular weight is 334 g/mol. The summed E-state index contributed by atoms with van der Waals surface area (Å²) >= 11 is 0. The van der Waals surface area contributed by atoms with Gasteiger partial charge < -0.3 is 15.1 Å². The predicted octanol–water partition coefficient (Wildman–Crippen LogP) is 3.88. The number of para-hydroxylation sites is 1. The fourth-order valence-electron chi connectivity index (χ4n) is 2.61. The molecule has 126 valence electrons. The van der Waals surface area contributed by atoms with Crippen LogP contribution in [0.15, 0.2) is 48.5 Å². The maximum atomic E-state index is 11.5. The summed E-state index contributed by atoms with van der Waals surface area (Å²) in [5, 5.41) is 20.2. The maximum Gasteiger partial charge on any atom is 0.340 e. The van der Waals surface area contributed by atoms with Crippen LogP contribution in [0.3, 0.4) is 0 Å². The fraction of sp³-hybridized carbons (Fsp3) is 0.100. The van der Waals surface area contributed by atoms with Gasteiger partial charge in [0.05, 0.1) is 5.52 Å². The van der Waals surface area contributed by atoms with E-state index in [1.54, 1.807) is 36.4 Å². The van der Waals surface area contributed by atoms with E-state index in [0.29, 0.717) is 10.9 Å². The van der Waals surface area contributed by atoms with Gasteiger partial charge in [0.1, 0.15) is 11.3 Å². The van der Waals surface area contributed by atoms with Gasteiger partial charge in [0, 0.05) is 25.2 Å². The zero-order valence-electron chi connectivity index (χ0n) is 14.0. The number of aromatic hydroxyl groups is 1. The molecule has 0 aliphatic carbocycles. The number of aromatic carboxylic acids is 1. The first-order chi connectivity index (χ1) is 12.0. The predicted molar refractivity (Wildman–Crippen MR) is 100 cm³/mol. The van der Waals surface area contributed by atoms with Crippen LogP contribution < -0.4 is 4.90 Å². The largest absolute Gasteiger partial charge is 0.505 e. The molecular formula is C20H18N2O3. The van der Waals surface area contributed by atoms with Crippen LogP contribution in [0.25, 0.3) is 23.1 Å². The van der Waals surface area contributed by atoms with Crippen molar-refractivity contribution in [2.75, 3.05) is 19.0 Å². The van der Waals surface area contributed by atoms with Crippen molar-refractivity contribution >= 4 is 34.7 Å². The highest BCUT2D eigenvalue weighted by atomic mass is 16.4. The average Bonchev–Trinajstić information content (AvgIpc) is 2.60. The highest BCUT2D eigenvalue weighted by molar-refractivity contribution is 6.06. The highest BCUT2D eigenvalue weighted by Gasteiger charge is 2.18. The van der Waals surface area contributed by atoms with E-state index in [1.807, 2.05) is 43.3 Å². The van der Waals surface area contributed by atoms with E-state index >= 15 is 0 Å². The molecule has 25 heavy (non-hydrogen) atoms. The van der Waals surface area contributed by atoms with Gasteiger partial charge in [-0.25, -0.2) is 9.78 Å². The second-order valence-corrected chi connectivity index (χ2v) is 5.86. The second-order valence-electron chi connectivity index (χ2n) is 5.86. The SMILES string of the molecule is CN(C)c1ccc(/C=C/c2nc3ccccc3c(C(=O)O)c2O)cc1. The number of fused-ring (bicyclic) bond motifs is 1. The highest BCUT2D eigenvalue weighted by Crippen LogP contribution is 2.30. The third-order valence-electron chi connectivity index (χ3n) is 3.95. The van der Waals surface area contributed by atoms with E-state index in [-0.39, 0.29) is 17.0 Å². The molecule has 0 fully saturated rings. The van der Waals surface area contributed by atoms with Crippen LogP contribution in [0.4, 0.5) is 5.69 Å². The van der Waals surface area contributed by atoms with Gasteiger partial charge in [-0.05, 0) is 29.8 Å². The number of aromatic nitrogens is 1. The molecular weight excluding hydrogens is 316 g/mol. The van der Waals surface area contributed by atoms with Crippen molar-refractivity contribution in [3.8, 4) is 5.75 Å². The quantitative estimate of drug-likeness (QED) is 0.757. The number of rotatable bonds is 4. The van der Waals surface area contributed by atoms with Crippen LogP contribution in [0.2, 0.25) is 0 Å². The molecule has 0 amide bonds. The Morgan fingerprint density at radius 3 is 2.36 bits per heavy atom. The minimum atomic E-state index is -1.18. The topological polar surface area (TPSA) is 73.7 Å². The standard InChI is InChI=1S/C20H18N2O3/c1-22(2)14-10-7-13(8-11-14)9-12-17-19(23)18(20(24)25)15-5-3-4-6-16(15)21-17/h3-12,23H,1-2H3,(H,24,25)/b12-9+. The second kappa shape index (κ2) is 6.65. The molecule has 0 radical (unpaired) electrons. The number of anilines is 1. The first-order valence-electron chi connectivity index (χ1n) is 7.78. The first kappa shape index (κ1) is 16.5. The van der Waals surface area contributed by atoms with E-state index < -0.39 is 5.97 Å². The third-order valence-corrected chi connectivity index (χ3v) is 3.95. The van der Waals surface area contributed by atoms with Crippen molar-refractivity contribution in [3.05, 3.63) is 65.4 Å². The summed E-state index contributed by atoms with van der Waals surface area (Å²) < 4.78 is 0. The molecule has 5 nitrogen and oxygen atoms in total. The zero-order valence-corrected chi connectivity index (χ0v) is 14.0. The Labute approximate surface area is 145 Å². The van der Waals surface area contributed by atoms with Crippen molar-refractivity contribution in [2.24, 2.45) is 0 Å². The van der Waals surface area contributed by atoms with Gasteiger partial charge in [0.25, 0.3) is 0 Å². The molecule has 0 atom stereocenters. The van der Waals surface area contributed by atoms with Crippen molar-refractivity contribution in [1.29, 1.82) is 0 Å². The molecule has 0 bridgehead atoms. The van der Waals surface area contributed by atoms with Gasteiger partial charge in [-0.3, -0.25) is 0 Å². The molecule has 2 aromatic carbocycles. The van der Waals surface area contributed by atoms with Crippen molar-refractivity contribution in [1.82, 2.24) is 4.98 Å². The summed E-state index contributed by atoms with van der Waals surface area (Å²) in [6, 6.07) is 14.7. The van der Waals surface area contributed by atoms with Crippen LogP contribution in [0, 0.1) is 0 Å². The summed E-state index contributed by atoms with van der Waals surface area (Å²) in [7, 11) is 3.94. The number of nitrogens with zero attached hydrogens (tertiary/aromatic N) is 2. The number of benzene rings is 2. The molecule has 3 rings (SSSR count). The lowest BCUT2D eigenvalue weighted by Gasteiger charge is -2.11. The smallest absolute Gasteiger partial charge is 0.340 e. The lowest BCUT2D eigenvalue weighted by atomic mass is 10.1. The van der Waals surface area contributed by atoms with Crippen molar-refractivity contribution in [3.63, 3.8) is 0 Å². The zero-order chi connectivity index (χ0) is 18.0. The molecule has 3 aromatic rings. The van der Waals surface area contributed by atoms with Gasteiger partial charge in [0.2, 0.25) is 0 Å². The number of carboxylic acids is 1. The summed E-state index contributed by atoms with van der Waals surface area (Å²) in [4.78, 5) is 17.9. The Kier molecular flexibility index (Phi) is 4.39. The number of hydrogen-bond donors (Lipinski definition) is 2. The van der Waals surface area contributed by atoms with Crippen LogP contribution in [0.1, 0.15) is 21.6 Å². The minimum Gasteiger partial charge on any atom is -0.505 e. The van der Waals surface area contributed by atoms with Crippen LogP contribution in [0.5, 0.6) is 5.75 Å². The number of hydrogen-bond acceptors (Lipinski definition) is 4. The first-order valence-corrected chi connectivity index (χ1v) is 7.78. The van der Waals surface area contributed by atoms with Crippen LogP contribution in [-0.4, -0.2) is 35.3 Å². The minimum absolute atomic E-state index is 0.131. The van der Waals surface area contributed by atoms with Gasteiger partial charge >= 0.3 is 5.97 Å². The summed E-state index contributed by atoms with van der Waals surface area (Å²) in [5.41, 5.74) is 2.63. The monoisotopic (exact) mass is 334 g/mol.